The van der Waals surface area contributed by atoms with E-state index in [1.807, 2.05) is 6.92 Å². The van der Waals surface area contributed by atoms with E-state index in [1.54, 1.807) is 14.2 Å². The molecule has 0 aromatic rings. The number of methoxy groups -OCH3 is 2. The van der Waals surface area contributed by atoms with Crippen molar-refractivity contribution in [3.63, 3.8) is 0 Å². The monoisotopic (exact) mass is 246 g/mol. The molecular formula is C12H26N2O3. The first-order valence-corrected chi connectivity index (χ1v) is 6.07. The number of nitrogens with one attached hydrogen (secondary N) is 1. The Balaban J connectivity index is 4.52. The summed E-state index contributed by atoms with van der Waals surface area (Å²) in [5, 5.41) is 3.21. The molecule has 0 aromatic carbocycles. The van der Waals surface area contributed by atoms with E-state index in [4.69, 9.17) is 15.2 Å². The third-order valence-corrected chi connectivity index (χ3v) is 2.70. The van der Waals surface area contributed by atoms with Crippen molar-refractivity contribution in [1.29, 1.82) is 0 Å². The van der Waals surface area contributed by atoms with Gasteiger partial charge in [0.25, 0.3) is 0 Å². The molecule has 102 valence electrons. The van der Waals surface area contributed by atoms with Gasteiger partial charge in [-0.25, -0.2) is 0 Å². The summed E-state index contributed by atoms with van der Waals surface area (Å²) in [6.07, 6.45) is 1.15. The number of rotatable bonds is 9. The molecule has 0 aliphatic carbocycles. The summed E-state index contributed by atoms with van der Waals surface area (Å²) < 4.78 is 10.4. The summed E-state index contributed by atoms with van der Waals surface area (Å²) in [5.41, 5.74) is 5.39. The summed E-state index contributed by atoms with van der Waals surface area (Å²) in [6.45, 7) is 6.13. The lowest BCUT2D eigenvalue weighted by atomic mass is 10.0. The van der Waals surface area contributed by atoms with Crippen LogP contribution in [0.4, 0.5) is 0 Å². The molecule has 17 heavy (non-hydrogen) atoms. The lowest BCUT2D eigenvalue weighted by molar-refractivity contribution is -0.131. The maximum Gasteiger partial charge on any atom is 0.234 e. The van der Waals surface area contributed by atoms with E-state index in [2.05, 4.69) is 19.2 Å². The van der Waals surface area contributed by atoms with Crippen LogP contribution in [0.2, 0.25) is 0 Å². The van der Waals surface area contributed by atoms with Gasteiger partial charge in [-0.2, -0.15) is 0 Å². The zero-order valence-electron chi connectivity index (χ0n) is 11.5. The van der Waals surface area contributed by atoms with E-state index in [9.17, 15) is 4.79 Å². The van der Waals surface area contributed by atoms with E-state index in [0.717, 1.165) is 6.42 Å². The zero-order chi connectivity index (χ0) is 13.4. The minimum absolute atomic E-state index is 0.0405. The van der Waals surface area contributed by atoms with Crippen LogP contribution in [0.25, 0.3) is 0 Å². The average molecular weight is 246 g/mol. The number of carbonyl (C=O) groups excluding carboxylic acids is 1. The first-order valence-electron chi connectivity index (χ1n) is 6.07. The van der Waals surface area contributed by atoms with Crippen molar-refractivity contribution in [3.8, 4) is 0 Å². The summed E-state index contributed by atoms with van der Waals surface area (Å²) in [5.74, 6) is 0.0733. The Bertz CT molecular complexity index is 218. The van der Waals surface area contributed by atoms with Crippen LogP contribution in [-0.2, 0) is 14.3 Å². The normalized spacial score (nSPS) is 15.2. The van der Waals surface area contributed by atoms with Crippen LogP contribution >= 0.6 is 0 Å². The Morgan fingerprint density at radius 1 is 1.29 bits per heavy atom. The molecule has 0 aliphatic rings. The van der Waals surface area contributed by atoms with Crippen molar-refractivity contribution in [1.82, 2.24) is 5.32 Å². The largest absolute Gasteiger partial charge is 0.368 e. The Morgan fingerprint density at radius 2 is 1.82 bits per heavy atom. The van der Waals surface area contributed by atoms with Gasteiger partial charge in [-0.1, -0.05) is 20.8 Å². The molecule has 1 amide bonds. The third kappa shape index (κ3) is 6.00. The van der Waals surface area contributed by atoms with Gasteiger partial charge in [0.05, 0.1) is 12.1 Å². The fourth-order valence-electron chi connectivity index (χ4n) is 1.81. The second-order valence-corrected chi connectivity index (χ2v) is 4.61. The second-order valence-electron chi connectivity index (χ2n) is 4.61. The summed E-state index contributed by atoms with van der Waals surface area (Å²) in [7, 11) is 3.17. The molecule has 5 nitrogen and oxygen atoms in total. The van der Waals surface area contributed by atoms with Crippen LogP contribution in [0.1, 0.15) is 33.6 Å². The van der Waals surface area contributed by atoms with Gasteiger partial charge < -0.3 is 15.2 Å². The van der Waals surface area contributed by atoms with Gasteiger partial charge >= 0.3 is 0 Å². The number of amides is 1. The number of carbonyl (C=O) groups is 1. The lowest BCUT2D eigenvalue weighted by Gasteiger charge is -2.28. The van der Waals surface area contributed by atoms with E-state index in [0.29, 0.717) is 12.3 Å². The Morgan fingerprint density at radius 3 is 2.12 bits per heavy atom. The molecule has 2 atom stereocenters. The quantitative estimate of drug-likeness (QED) is 0.592. The molecule has 0 fully saturated rings. The van der Waals surface area contributed by atoms with E-state index >= 15 is 0 Å². The molecular weight excluding hydrogens is 220 g/mol. The second kappa shape index (κ2) is 8.44. The molecule has 0 aliphatic heterocycles. The lowest BCUT2D eigenvalue weighted by Crippen LogP contribution is -2.52. The van der Waals surface area contributed by atoms with Crippen molar-refractivity contribution in [2.75, 3.05) is 14.2 Å². The van der Waals surface area contributed by atoms with Crippen molar-refractivity contribution < 1.29 is 14.3 Å². The van der Waals surface area contributed by atoms with E-state index in [1.165, 1.54) is 0 Å². The minimum atomic E-state index is -0.367. The predicted molar refractivity (Wildman–Crippen MR) is 67.5 cm³/mol. The van der Waals surface area contributed by atoms with Crippen molar-refractivity contribution in [2.45, 2.75) is 52.0 Å². The molecule has 5 heteroatoms. The van der Waals surface area contributed by atoms with Gasteiger partial charge in [0.1, 0.15) is 0 Å². The number of ether oxygens (including phenoxy) is 2. The Hall–Kier alpha value is -0.650. The minimum Gasteiger partial charge on any atom is -0.368 e. The van der Waals surface area contributed by atoms with Crippen LogP contribution in [-0.4, -0.2) is 38.5 Å². The van der Waals surface area contributed by atoms with Crippen LogP contribution in [0.3, 0.4) is 0 Å². The van der Waals surface area contributed by atoms with Crippen molar-refractivity contribution in [3.05, 3.63) is 0 Å². The molecule has 0 spiro atoms. The third-order valence-electron chi connectivity index (χ3n) is 2.70. The smallest absolute Gasteiger partial charge is 0.234 e. The zero-order valence-corrected chi connectivity index (χ0v) is 11.5. The maximum absolute atomic E-state index is 11.4. The van der Waals surface area contributed by atoms with Crippen molar-refractivity contribution >= 4 is 5.91 Å². The fraction of sp³-hybridized carbons (Fsp3) is 0.917. The number of nitrogens with two attached hydrogens (primary N) is 1. The van der Waals surface area contributed by atoms with Gasteiger partial charge in [-0.3, -0.25) is 10.1 Å². The highest BCUT2D eigenvalue weighted by molar-refractivity contribution is 5.79. The van der Waals surface area contributed by atoms with Gasteiger partial charge in [-0.05, 0) is 18.8 Å². The van der Waals surface area contributed by atoms with Crippen LogP contribution in [0.15, 0.2) is 0 Å². The highest BCUT2D eigenvalue weighted by Gasteiger charge is 2.25. The maximum atomic E-state index is 11.4. The number of primary amides is 1. The number of hydrogen-bond acceptors (Lipinski definition) is 4. The first kappa shape index (κ1) is 16.4. The van der Waals surface area contributed by atoms with Crippen LogP contribution in [0.5, 0.6) is 0 Å². The van der Waals surface area contributed by atoms with Crippen LogP contribution in [0, 0.1) is 5.92 Å². The highest BCUT2D eigenvalue weighted by Crippen LogP contribution is 2.10. The van der Waals surface area contributed by atoms with E-state index in [-0.39, 0.29) is 24.3 Å². The topological polar surface area (TPSA) is 73.6 Å². The van der Waals surface area contributed by atoms with Gasteiger partial charge in [0, 0.05) is 14.2 Å². The van der Waals surface area contributed by atoms with Gasteiger partial charge in [0.2, 0.25) is 5.91 Å². The Labute approximate surface area is 104 Å². The van der Waals surface area contributed by atoms with E-state index < -0.39 is 0 Å². The van der Waals surface area contributed by atoms with Crippen LogP contribution < -0.4 is 11.1 Å². The molecule has 0 heterocycles. The fourth-order valence-corrected chi connectivity index (χ4v) is 1.81. The molecule has 3 N–H and O–H groups in total. The molecule has 0 unspecified atom stereocenters. The SMILES string of the molecule is CC[C@H](N[C@@H](CC(C)C)C(N)=O)C(OC)OC. The molecule has 0 saturated carbocycles. The first-order chi connectivity index (χ1) is 7.96. The molecule has 0 saturated heterocycles. The molecule has 0 rings (SSSR count). The molecule has 0 bridgehead atoms. The van der Waals surface area contributed by atoms with Gasteiger partial charge in [-0.15, -0.1) is 0 Å². The standard InChI is InChI=1S/C12H26N2O3/c1-6-9(12(16-4)17-5)14-10(11(13)15)7-8(2)3/h8-10,12,14H,6-7H2,1-5H3,(H2,13,15)/t9-,10-/m0/s1. The summed E-state index contributed by atoms with van der Waals surface area (Å²) in [6, 6.07) is -0.381. The van der Waals surface area contributed by atoms with Gasteiger partial charge in [0.15, 0.2) is 6.29 Å². The molecule has 0 aromatic heterocycles. The van der Waals surface area contributed by atoms with Crippen molar-refractivity contribution in [2.24, 2.45) is 11.7 Å². The molecule has 0 radical (unpaired) electrons. The Kier molecular flexibility index (Phi) is 8.12. The summed E-state index contributed by atoms with van der Waals surface area (Å²) in [4.78, 5) is 11.4. The summed E-state index contributed by atoms with van der Waals surface area (Å²) >= 11 is 0. The highest BCUT2D eigenvalue weighted by atomic mass is 16.7. The number of hydrogen-bond donors (Lipinski definition) is 2. The average Bonchev–Trinajstić information content (AvgIpc) is 2.26. The predicted octanol–water partition coefficient (Wildman–Crippen LogP) is 0.874.